The summed E-state index contributed by atoms with van der Waals surface area (Å²) in [6, 6.07) is 3.18. The van der Waals surface area contributed by atoms with Crippen molar-refractivity contribution in [1.82, 2.24) is 10.3 Å². The molecule has 2 N–H and O–H groups in total. The van der Waals surface area contributed by atoms with Gasteiger partial charge in [0.1, 0.15) is 6.29 Å². The van der Waals surface area contributed by atoms with E-state index < -0.39 is 19.1 Å². The zero-order valence-corrected chi connectivity index (χ0v) is 19.8. The quantitative estimate of drug-likeness (QED) is 0.196. The van der Waals surface area contributed by atoms with Gasteiger partial charge in [-0.1, -0.05) is 26.2 Å². The number of nitrogens with one attached hydrogen (secondary N) is 1. The van der Waals surface area contributed by atoms with Gasteiger partial charge >= 0.3 is 12.5 Å². The SMILES string of the molecule is CCCCCCC=O.CF.CNCc1ccnc(OCC(F)(F)F)c1.OC(F)(F)F.[CH3-].[Cr]. The summed E-state index contributed by atoms with van der Waals surface area (Å²) in [7, 11) is 2.25. The second kappa shape index (κ2) is 25.8. The van der Waals surface area contributed by atoms with Crippen LogP contribution in [0.15, 0.2) is 18.3 Å². The number of carbonyl (C=O) groups excluding carboxylic acids is 1. The van der Waals surface area contributed by atoms with Crippen LogP contribution < -0.4 is 10.1 Å². The van der Waals surface area contributed by atoms with Gasteiger partial charge in [0.25, 0.3) is 0 Å². The Hall–Kier alpha value is -1.42. The largest absolute Gasteiger partial charge is 0.519 e. The molecule has 0 fully saturated rings. The van der Waals surface area contributed by atoms with Crippen molar-refractivity contribution in [2.24, 2.45) is 0 Å². The molecule has 0 aliphatic rings. The number of hydrogen-bond donors (Lipinski definition) is 2. The van der Waals surface area contributed by atoms with E-state index in [1.165, 1.54) is 31.5 Å². The number of carbonyl (C=O) groups is 1. The van der Waals surface area contributed by atoms with E-state index >= 15 is 0 Å². The molecular formula is C19H32CrF7N2O3-. The first kappa shape index (κ1) is 40.9. The minimum Gasteiger partial charge on any atom is -0.468 e. The number of unbranched alkanes of at least 4 members (excludes halogenated alkanes) is 4. The van der Waals surface area contributed by atoms with Gasteiger partial charge < -0.3 is 27.4 Å². The normalized spacial score (nSPS) is 9.72. The van der Waals surface area contributed by atoms with Crippen LogP contribution in [0.3, 0.4) is 0 Å². The van der Waals surface area contributed by atoms with Crippen LogP contribution in [0, 0.1) is 7.43 Å². The fraction of sp³-hybridized carbons (Fsp3) is 0.632. The Morgan fingerprint density at radius 1 is 1.12 bits per heavy atom. The number of aldehydes is 1. The van der Waals surface area contributed by atoms with E-state index in [1.807, 2.05) is 0 Å². The van der Waals surface area contributed by atoms with E-state index in [2.05, 4.69) is 22.0 Å². The Morgan fingerprint density at radius 2 is 1.66 bits per heavy atom. The minimum absolute atomic E-state index is 0. The summed E-state index contributed by atoms with van der Waals surface area (Å²) in [5, 5.41) is 9.40. The summed E-state index contributed by atoms with van der Waals surface area (Å²) in [6.45, 7) is 1.41. The molecule has 0 aromatic carbocycles. The minimum atomic E-state index is -5.00. The Labute approximate surface area is 195 Å². The molecule has 1 aromatic heterocycles. The van der Waals surface area contributed by atoms with Gasteiger partial charge in [-0.2, -0.15) is 13.2 Å². The second-order valence-electron chi connectivity index (χ2n) is 5.42. The Bertz CT molecular complexity index is 514. The molecule has 1 rings (SSSR count). The van der Waals surface area contributed by atoms with Crippen molar-refractivity contribution in [3.8, 4) is 5.88 Å². The van der Waals surface area contributed by atoms with Crippen molar-refractivity contribution >= 4 is 6.29 Å². The number of alkyl halides is 7. The van der Waals surface area contributed by atoms with Gasteiger partial charge in [-0.3, -0.25) is 4.39 Å². The van der Waals surface area contributed by atoms with Gasteiger partial charge in [-0.05, 0) is 25.1 Å². The summed E-state index contributed by atoms with van der Waals surface area (Å²) in [5.41, 5.74) is 0.824. The zero-order chi connectivity index (χ0) is 24.1. The van der Waals surface area contributed by atoms with Crippen LogP contribution >= 0.6 is 0 Å². The fourth-order valence-electron chi connectivity index (χ4n) is 1.65. The van der Waals surface area contributed by atoms with Crippen molar-refractivity contribution in [3.05, 3.63) is 31.3 Å². The molecule has 0 unspecified atom stereocenters. The van der Waals surface area contributed by atoms with E-state index in [-0.39, 0.29) is 30.7 Å². The molecule has 0 saturated carbocycles. The van der Waals surface area contributed by atoms with Crippen molar-refractivity contribution < 1.29 is 62.7 Å². The van der Waals surface area contributed by atoms with Crippen LogP contribution in [0.2, 0.25) is 0 Å². The third kappa shape index (κ3) is 42.6. The molecule has 0 aliphatic carbocycles. The molecule has 5 nitrogen and oxygen atoms in total. The van der Waals surface area contributed by atoms with E-state index in [0.29, 0.717) is 13.7 Å². The number of aromatic nitrogens is 1. The number of ether oxygens (including phenoxy) is 1. The first-order chi connectivity index (χ1) is 13.9. The van der Waals surface area contributed by atoms with Crippen molar-refractivity contribution in [1.29, 1.82) is 0 Å². The molecule has 0 bridgehead atoms. The van der Waals surface area contributed by atoms with Crippen LogP contribution in [0.4, 0.5) is 30.7 Å². The fourth-order valence-corrected chi connectivity index (χ4v) is 1.65. The summed E-state index contributed by atoms with van der Waals surface area (Å²) in [4.78, 5) is 13.4. The molecule has 0 amide bonds. The first-order valence-corrected chi connectivity index (χ1v) is 8.82. The summed E-state index contributed by atoms with van der Waals surface area (Å²) in [5.74, 6) is -0.0138. The third-order valence-corrected chi connectivity index (χ3v) is 2.74. The monoisotopic (exact) mass is 521 g/mol. The molecule has 32 heavy (non-hydrogen) atoms. The summed E-state index contributed by atoms with van der Waals surface area (Å²) >= 11 is 0. The van der Waals surface area contributed by atoms with E-state index in [4.69, 9.17) is 5.11 Å². The predicted molar refractivity (Wildman–Crippen MR) is 105 cm³/mol. The molecule has 1 heterocycles. The van der Waals surface area contributed by atoms with Crippen molar-refractivity contribution in [2.75, 3.05) is 20.8 Å². The maximum Gasteiger partial charge on any atom is 0.519 e. The zero-order valence-electron chi connectivity index (χ0n) is 18.5. The Kier molecular flexibility index (Phi) is 33.0. The van der Waals surface area contributed by atoms with Crippen LogP contribution in [0.1, 0.15) is 44.6 Å². The van der Waals surface area contributed by atoms with Crippen LogP contribution in [-0.2, 0) is 28.7 Å². The predicted octanol–water partition coefficient (Wildman–Crippen LogP) is 5.43. The number of rotatable bonds is 9. The number of halogens is 7. The third-order valence-electron chi connectivity index (χ3n) is 2.74. The van der Waals surface area contributed by atoms with Gasteiger partial charge in [-0.25, -0.2) is 4.98 Å². The number of pyridine rings is 1. The molecule has 0 saturated heterocycles. The van der Waals surface area contributed by atoms with E-state index in [9.17, 15) is 35.5 Å². The van der Waals surface area contributed by atoms with Crippen molar-refractivity contribution in [2.45, 2.75) is 58.1 Å². The van der Waals surface area contributed by atoms with Crippen LogP contribution in [0.25, 0.3) is 0 Å². The van der Waals surface area contributed by atoms with Crippen LogP contribution in [0.5, 0.6) is 5.88 Å². The molecule has 1 aromatic rings. The Morgan fingerprint density at radius 3 is 2.06 bits per heavy atom. The molecule has 0 spiro atoms. The molecule has 13 heteroatoms. The maximum absolute atomic E-state index is 11.8. The van der Waals surface area contributed by atoms with E-state index in [0.717, 1.165) is 24.7 Å². The molecule has 0 atom stereocenters. The van der Waals surface area contributed by atoms with Gasteiger partial charge in [0.2, 0.25) is 5.88 Å². The molecule has 0 radical (unpaired) electrons. The van der Waals surface area contributed by atoms with Gasteiger partial charge in [0.15, 0.2) is 6.61 Å². The average Bonchev–Trinajstić information content (AvgIpc) is 2.65. The van der Waals surface area contributed by atoms with Gasteiger partial charge in [0, 0.05) is 42.6 Å². The smallest absolute Gasteiger partial charge is 0.468 e. The maximum atomic E-state index is 11.8. The molecule has 0 aliphatic heterocycles. The van der Waals surface area contributed by atoms with Gasteiger partial charge in [-0.15, -0.1) is 13.2 Å². The van der Waals surface area contributed by atoms with Gasteiger partial charge in [0.05, 0.1) is 7.18 Å². The number of nitrogens with zero attached hydrogens (tertiary/aromatic N) is 1. The number of hydrogen-bond acceptors (Lipinski definition) is 5. The Balaban J connectivity index is -0.000000122. The first-order valence-electron chi connectivity index (χ1n) is 8.82. The standard InChI is InChI=1S/C9H11F3N2O.C7H14O.CHF3O.CH3F.CH3.Cr/c1-13-5-7-2-3-14-8(4-7)15-6-9(10,11)12;1-2-3-4-5-6-7-8;2-1(3,4)5;1-2;;/h2-4,13H,5-6H2,1H3;7H,2-6H2,1H3;5H;1H3;1H3;/q;;;;-1;. The number of aliphatic hydroxyl groups is 1. The average molecular weight is 521 g/mol. The molecular weight excluding hydrogens is 489 g/mol. The van der Waals surface area contributed by atoms with Crippen molar-refractivity contribution in [3.63, 3.8) is 0 Å². The topological polar surface area (TPSA) is 71.5 Å². The van der Waals surface area contributed by atoms with E-state index in [1.54, 1.807) is 13.1 Å². The second-order valence-corrected chi connectivity index (χ2v) is 5.42. The van der Waals surface area contributed by atoms with Crippen LogP contribution in [-0.4, -0.2) is 49.7 Å². The summed E-state index contributed by atoms with van der Waals surface area (Å²) in [6.07, 6.45) is -1.35. The summed E-state index contributed by atoms with van der Waals surface area (Å²) < 4.78 is 79.2. The molecule has 192 valence electrons.